The second kappa shape index (κ2) is 8.19. The molecule has 0 atom stereocenters. The summed E-state index contributed by atoms with van der Waals surface area (Å²) in [5, 5.41) is 0. The van der Waals surface area contributed by atoms with Crippen LogP contribution in [0.15, 0.2) is 24.3 Å². The molecule has 0 radical (unpaired) electrons. The van der Waals surface area contributed by atoms with E-state index in [2.05, 4.69) is 12.1 Å². The molecule has 5 heteroatoms. The standard InChI is InChI=1S/C20H27NO4/c1-5-24-18(22)9-7-15-6-8-16-10-12-21(13-11-17(16)14-15)19(23)25-20(2,3)4/h6-9,14H,5,10-13H2,1-4H3/b9-7+. The van der Waals surface area contributed by atoms with Gasteiger partial charge in [0.1, 0.15) is 5.60 Å². The summed E-state index contributed by atoms with van der Waals surface area (Å²) in [6.45, 7) is 9.06. The van der Waals surface area contributed by atoms with Gasteiger partial charge < -0.3 is 14.4 Å². The summed E-state index contributed by atoms with van der Waals surface area (Å²) < 4.78 is 10.4. The average Bonchev–Trinajstić information content (AvgIpc) is 2.73. The molecule has 0 fully saturated rings. The highest BCUT2D eigenvalue weighted by Gasteiger charge is 2.24. The molecule has 0 bridgehead atoms. The Hall–Kier alpha value is -2.30. The summed E-state index contributed by atoms with van der Waals surface area (Å²) in [5.74, 6) is -0.339. The molecule has 0 aromatic heterocycles. The first-order chi connectivity index (χ1) is 11.8. The van der Waals surface area contributed by atoms with E-state index in [0.717, 1.165) is 18.4 Å². The monoisotopic (exact) mass is 345 g/mol. The first-order valence-corrected chi connectivity index (χ1v) is 8.73. The average molecular weight is 345 g/mol. The van der Waals surface area contributed by atoms with E-state index in [4.69, 9.17) is 9.47 Å². The fraction of sp³-hybridized carbons (Fsp3) is 0.500. The number of amides is 1. The summed E-state index contributed by atoms with van der Waals surface area (Å²) in [6, 6.07) is 6.13. The predicted molar refractivity (Wildman–Crippen MR) is 97.3 cm³/mol. The molecule has 0 spiro atoms. The van der Waals surface area contributed by atoms with Crippen LogP contribution in [0, 0.1) is 0 Å². The number of nitrogens with zero attached hydrogens (tertiary/aromatic N) is 1. The molecule has 1 aromatic carbocycles. The van der Waals surface area contributed by atoms with Crippen LogP contribution in [0.25, 0.3) is 6.08 Å². The first-order valence-electron chi connectivity index (χ1n) is 8.73. The van der Waals surface area contributed by atoms with E-state index in [1.807, 2.05) is 26.8 Å². The van der Waals surface area contributed by atoms with Crippen molar-refractivity contribution in [1.82, 2.24) is 4.90 Å². The number of carbonyl (C=O) groups excluding carboxylic acids is 2. The third-order valence-electron chi connectivity index (χ3n) is 3.88. The van der Waals surface area contributed by atoms with Gasteiger partial charge in [0.2, 0.25) is 0 Å². The van der Waals surface area contributed by atoms with Crippen molar-refractivity contribution in [1.29, 1.82) is 0 Å². The topological polar surface area (TPSA) is 55.8 Å². The largest absolute Gasteiger partial charge is 0.463 e. The van der Waals surface area contributed by atoms with Crippen molar-refractivity contribution in [2.24, 2.45) is 0 Å². The molecule has 0 saturated heterocycles. The van der Waals surface area contributed by atoms with Crippen LogP contribution >= 0.6 is 0 Å². The van der Waals surface area contributed by atoms with Gasteiger partial charge in [-0.3, -0.25) is 0 Å². The van der Waals surface area contributed by atoms with Gasteiger partial charge in [-0.25, -0.2) is 9.59 Å². The molecule has 1 heterocycles. The SMILES string of the molecule is CCOC(=O)/C=C/c1ccc2c(c1)CCN(C(=O)OC(C)(C)C)CC2. The van der Waals surface area contributed by atoms with Gasteiger partial charge in [-0.15, -0.1) is 0 Å². The predicted octanol–water partition coefficient (Wildman–Crippen LogP) is 3.60. The van der Waals surface area contributed by atoms with Gasteiger partial charge in [-0.1, -0.05) is 18.2 Å². The van der Waals surface area contributed by atoms with Gasteiger partial charge >= 0.3 is 12.1 Å². The van der Waals surface area contributed by atoms with Crippen molar-refractivity contribution in [2.45, 2.75) is 46.1 Å². The quantitative estimate of drug-likeness (QED) is 0.620. The molecule has 1 aromatic rings. The highest BCUT2D eigenvalue weighted by Crippen LogP contribution is 2.20. The summed E-state index contributed by atoms with van der Waals surface area (Å²) >= 11 is 0. The highest BCUT2D eigenvalue weighted by molar-refractivity contribution is 5.87. The Bertz CT molecular complexity index is 658. The fourth-order valence-electron chi connectivity index (χ4n) is 2.71. The molecule has 1 aliphatic heterocycles. The molecule has 25 heavy (non-hydrogen) atoms. The lowest BCUT2D eigenvalue weighted by Crippen LogP contribution is -2.38. The van der Waals surface area contributed by atoms with E-state index in [0.29, 0.717) is 19.7 Å². The van der Waals surface area contributed by atoms with E-state index in [-0.39, 0.29) is 12.1 Å². The third kappa shape index (κ3) is 5.93. The van der Waals surface area contributed by atoms with Crippen LogP contribution in [0.4, 0.5) is 4.79 Å². The maximum atomic E-state index is 12.3. The van der Waals surface area contributed by atoms with E-state index < -0.39 is 5.60 Å². The van der Waals surface area contributed by atoms with Gasteiger partial charge in [0.05, 0.1) is 6.61 Å². The Morgan fingerprint density at radius 1 is 1.16 bits per heavy atom. The minimum atomic E-state index is -0.485. The van der Waals surface area contributed by atoms with Crippen LogP contribution in [0.3, 0.4) is 0 Å². The molecule has 2 rings (SSSR count). The number of benzene rings is 1. The van der Waals surface area contributed by atoms with Gasteiger partial charge in [-0.05, 0) is 63.3 Å². The molecule has 0 unspecified atom stereocenters. The highest BCUT2D eigenvalue weighted by atomic mass is 16.6. The normalized spacial score (nSPS) is 14.8. The maximum Gasteiger partial charge on any atom is 0.410 e. The zero-order valence-electron chi connectivity index (χ0n) is 15.5. The summed E-state index contributed by atoms with van der Waals surface area (Å²) in [7, 11) is 0. The molecule has 0 aliphatic carbocycles. The first kappa shape index (κ1) is 19.0. The molecule has 5 nitrogen and oxygen atoms in total. The van der Waals surface area contributed by atoms with Crippen molar-refractivity contribution < 1.29 is 19.1 Å². The minimum absolute atomic E-state index is 0.261. The van der Waals surface area contributed by atoms with E-state index >= 15 is 0 Å². The number of fused-ring (bicyclic) bond motifs is 1. The van der Waals surface area contributed by atoms with Crippen LogP contribution < -0.4 is 0 Å². The number of carbonyl (C=O) groups is 2. The van der Waals surface area contributed by atoms with Crippen LogP contribution in [0.2, 0.25) is 0 Å². The van der Waals surface area contributed by atoms with Gasteiger partial charge in [0, 0.05) is 19.2 Å². The molecular formula is C20H27NO4. The lowest BCUT2D eigenvalue weighted by atomic mass is 10.00. The molecule has 136 valence electrons. The molecular weight excluding hydrogens is 318 g/mol. The lowest BCUT2D eigenvalue weighted by molar-refractivity contribution is -0.137. The van der Waals surface area contributed by atoms with Crippen LogP contribution in [-0.2, 0) is 27.1 Å². The zero-order valence-corrected chi connectivity index (χ0v) is 15.5. The molecule has 0 saturated carbocycles. The van der Waals surface area contributed by atoms with Gasteiger partial charge in [0.25, 0.3) is 0 Å². The smallest absolute Gasteiger partial charge is 0.410 e. The molecule has 1 aliphatic rings. The lowest BCUT2D eigenvalue weighted by Gasteiger charge is -2.26. The number of esters is 1. The van der Waals surface area contributed by atoms with Gasteiger partial charge in [0.15, 0.2) is 0 Å². The molecule has 1 amide bonds. The van der Waals surface area contributed by atoms with Crippen LogP contribution in [0.1, 0.15) is 44.4 Å². The zero-order chi connectivity index (χ0) is 18.4. The summed E-state index contributed by atoms with van der Waals surface area (Å²) in [4.78, 5) is 25.5. The Balaban J connectivity index is 2.04. The number of hydrogen-bond acceptors (Lipinski definition) is 4. The number of rotatable bonds is 3. The third-order valence-corrected chi connectivity index (χ3v) is 3.88. The van der Waals surface area contributed by atoms with Crippen molar-refractivity contribution in [2.75, 3.05) is 19.7 Å². The fourth-order valence-corrected chi connectivity index (χ4v) is 2.71. The van der Waals surface area contributed by atoms with E-state index in [1.54, 1.807) is 17.9 Å². The van der Waals surface area contributed by atoms with E-state index in [9.17, 15) is 9.59 Å². The number of hydrogen-bond donors (Lipinski definition) is 0. The number of ether oxygens (including phenoxy) is 2. The van der Waals surface area contributed by atoms with Crippen LogP contribution in [0.5, 0.6) is 0 Å². The maximum absolute atomic E-state index is 12.3. The Kier molecular flexibility index (Phi) is 6.23. The molecule has 0 N–H and O–H groups in total. The Morgan fingerprint density at radius 2 is 1.84 bits per heavy atom. The van der Waals surface area contributed by atoms with Gasteiger partial charge in [-0.2, -0.15) is 0 Å². The van der Waals surface area contributed by atoms with E-state index in [1.165, 1.54) is 17.2 Å². The van der Waals surface area contributed by atoms with Crippen LogP contribution in [-0.4, -0.2) is 42.3 Å². The second-order valence-corrected chi connectivity index (χ2v) is 7.08. The van der Waals surface area contributed by atoms with Crippen molar-refractivity contribution >= 4 is 18.1 Å². The minimum Gasteiger partial charge on any atom is -0.463 e. The summed E-state index contributed by atoms with van der Waals surface area (Å²) in [5.41, 5.74) is 2.91. The van der Waals surface area contributed by atoms with Crippen molar-refractivity contribution in [3.63, 3.8) is 0 Å². The summed E-state index contributed by atoms with van der Waals surface area (Å²) in [6.07, 6.45) is 4.51. The Morgan fingerprint density at radius 3 is 2.48 bits per heavy atom. The Labute approximate surface area is 149 Å². The van der Waals surface area contributed by atoms with Crippen molar-refractivity contribution in [3.05, 3.63) is 41.0 Å². The van der Waals surface area contributed by atoms with Crippen molar-refractivity contribution in [3.8, 4) is 0 Å². The second-order valence-electron chi connectivity index (χ2n) is 7.08.